The summed E-state index contributed by atoms with van der Waals surface area (Å²) in [5.41, 5.74) is 3.73. The molecule has 104 valence electrons. The molecule has 1 aromatic carbocycles. The van der Waals surface area contributed by atoms with Crippen LogP contribution in [0, 0.1) is 0 Å². The first-order valence-electron chi connectivity index (χ1n) is 6.82. The number of nitrogens with one attached hydrogen (secondary N) is 1. The average molecular weight is 289 g/mol. The zero-order chi connectivity index (χ0) is 13.9. The Bertz CT molecular complexity index is 611. The summed E-state index contributed by atoms with van der Waals surface area (Å²) in [4.78, 5) is 4.03. The molecular formula is C16H17ClN2O. The summed E-state index contributed by atoms with van der Waals surface area (Å²) < 4.78 is 5.85. The van der Waals surface area contributed by atoms with Crippen LogP contribution in [0.3, 0.4) is 0 Å². The van der Waals surface area contributed by atoms with Crippen LogP contribution in [0.4, 0.5) is 5.69 Å². The highest BCUT2D eigenvalue weighted by atomic mass is 35.5. The van der Waals surface area contributed by atoms with Gasteiger partial charge in [0.15, 0.2) is 10.9 Å². The molecule has 3 rings (SSSR count). The van der Waals surface area contributed by atoms with Gasteiger partial charge in [-0.2, -0.15) is 0 Å². The highest BCUT2D eigenvalue weighted by Crippen LogP contribution is 2.43. The van der Waals surface area contributed by atoms with E-state index in [2.05, 4.69) is 28.5 Å². The quantitative estimate of drug-likeness (QED) is 0.836. The van der Waals surface area contributed by atoms with Crippen LogP contribution in [0.5, 0.6) is 5.75 Å². The lowest BCUT2D eigenvalue weighted by Gasteiger charge is -2.15. The van der Waals surface area contributed by atoms with Crippen molar-refractivity contribution in [3.8, 4) is 5.75 Å². The van der Waals surface area contributed by atoms with Crippen LogP contribution in [0.1, 0.15) is 29.9 Å². The van der Waals surface area contributed by atoms with Crippen molar-refractivity contribution in [2.45, 2.75) is 25.4 Å². The second kappa shape index (κ2) is 5.71. The molecule has 0 amide bonds. The fourth-order valence-corrected chi connectivity index (χ4v) is 2.58. The molecule has 1 fully saturated rings. The van der Waals surface area contributed by atoms with Crippen molar-refractivity contribution in [1.82, 2.24) is 4.98 Å². The van der Waals surface area contributed by atoms with Crippen molar-refractivity contribution >= 4 is 17.3 Å². The molecule has 0 saturated heterocycles. The summed E-state index contributed by atoms with van der Waals surface area (Å²) in [7, 11) is 1.94. The highest BCUT2D eigenvalue weighted by molar-refractivity contribution is 6.30. The molecule has 3 nitrogen and oxygen atoms in total. The first-order valence-corrected chi connectivity index (χ1v) is 7.20. The predicted molar refractivity (Wildman–Crippen MR) is 81.5 cm³/mol. The SMILES string of the molecule is CNc1cccc(C2CC2)c1COc1cccnc1Cl. The van der Waals surface area contributed by atoms with E-state index in [4.69, 9.17) is 16.3 Å². The van der Waals surface area contributed by atoms with Crippen LogP contribution in [-0.4, -0.2) is 12.0 Å². The molecule has 1 heterocycles. The molecule has 1 saturated carbocycles. The van der Waals surface area contributed by atoms with Gasteiger partial charge in [-0.3, -0.25) is 0 Å². The van der Waals surface area contributed by atoms with E-state index in [-0.39, 0.29) is 0 Å². The van der Waals surface area contributed by atoms with Gasteiger partial charge < -0.3 is 10.1 Å². The Morgan fingerprint density at radius 1 is 1.30 bits per heavy atom. The number of pyridine rings is 1. The number of anilines is 1. The Morgan fingerprint density at radius 3 is 2.85 bits per heavy atom. The van der Waals surface area contributed by atoms with E-state index in [9.17, 15) is 0 Å². The largest absolute Gasteiger partial charge is 0.486 e. The van der Waals surface area contributed by atoms with Gasteiger partial charge in [0.2, 0.25) is 0 Å². The highest BCUT2D eigenvalue weighted by Gasteiger charge is 2.27. The van der Waals surface area contributed by atoms with Gasteiger partial charge in [0, 0.05) is 24.5 Å². The molecule has 2 aromatic rings. The second-order valence-corrected chi connectivity index (χ2v) is 5.34. The molecule has 0 aliphatic heterocycles. The summed E-state index contributed by atoms with van der Waals surface area (Å²) in [5.74, 6) is 1.31. The topological polar surface area (TPSA) is 34.1 Å². The Balaban J connectivity index is 1.84. The van der Waals surface area contributed by atoms with E-state index < -0.39 is 0 Å². The third kappa shape index (κ3) is 2.73. The first kappa shape index (κ1) is 13.3. The third-order valence-electron chi connectivity index (χ3n) is 3.60. The summed E-state index contributed by atoms with van der Waals surface area (Å²) in [6.07, 6.45) is 4.20. The number of rotatable bonds is 5. The Morgan fingerprint density at radius 2 is 2.15 bits per heavy atom. The van der Waals surface area contributed by atoms with Crippen LogP contribution in [0.15, 0.2) is 36.5 Å². The van der Waals surface area contributed by atoms with E-state index in [1.165, 1.54) is 24.0 Å². The number of hydrogen-bond donors (Lipinski definition) is 1. The van der Waals surface area contributed by atoms with Crippen molar-refractivity contribution in [2.75, 3.05) is 12.4 Å². The Labute approximate surface area is 123 Å². The van der Waals surface area contributed by atoms with Gasteiger partial charge >= 0.3 is 0 Å². The molecule has 0 atom stereocenters. The molecule has 4 heteroatoms. The van der Waals surface area contributed by atoms with Crippen LogP contribution < -0.4 is 10.1 Å². The number of hydrogen-bond acceptors (Lipinski definition) is 3. The lowest BCUT2D eigenvalue weighted by molar-refractivity contribution is 0.304. The lowest BCUT2D eigenvalue weighted by Crippen LogP contribution is -2.04. The van der Waals surface area contributed by atoms with Gasteiger partial charge in [-0.05, 0) is 42.5 Å². The molecule has 1 aromatic heterocycles. The molecule has 1 aliphatic rings. The Kier molecular flexibility index (Phi) is 3.79. The van der Waals surface area contributed by atoms with Crippen LogP contribution >= 0.6 is 11.6 Å². The fraction of sp³-hybridized carbons (Fsp3) is 0.312. The van der Waals surface area contributed by atoms with Gasteiger partial charge in [0.05, 0.1) is 0 Å². The minimum atomic E-state index is 0.405. The van der Waals surface area contributed by atoms with E-state index in [0.717, 1.165) is 5.69 Å². The van der Waals surface area contributed by atoms with Crippen LogP contribution in [0.25, 0.3) is 0 Å². The number of halogens is 1. The van der Waals surface area contributed by atoms with Crippen molar-refractivity contribution in [3.05, 3.63) is 52.8 Å². The maximum absolute atomic E-state index is 6.03. The number of aromatic nitrogens is 1. The molecule has 0 spiro atoms. The van der Waals surface area contributed by atoms with Crippen molar-refractivity contribution in [3.63, 3.8) is 0 Å². The first-order chi connectivity index (χ1) is 9.79. The van der Waals surface area contributed by atoms with Crippen LogP contribution in [0.2, 0.25) is 5.15 Å². The third-order valence-corrected chi connectivity index (χ3v) is 3.88. The van der Waals surface area contributed by atoms with Crippen LogP contribution in [-0.2, 0) is 6.61 Å². The minimum Gasteiger partial charge on any atom is -0.486 e. The number of ether oxygens (including phenoxy) is 1. The smallest absolute Gasteiger partial charge is 0.171 e. The molecule has 0 unspecified atom stereocenters. The maximum Gasteiger partial charge on any atom is 0.171 e. The average Bonchev–Trinajstić information content (AvgIpc) is 3.30. The standard InChI is InChI=1S/C16H17ClN2O/c1-18-14-5-2-4-12(11-7-8-11)13(14)10-20-15-6-3-9-19-16(15)17/h2-6,9,11,18H,7-8,10H2,1H3. The van der Waals surface area contributed by atoms with Gasteiger partial charge in [0.25, 0.3) is 0 Å². The monoisotopic (exact) mass is 288 g/mol. The summed E-state index contributed by atoms with van der Waals surface area (Å²) >= 11 is 6.03. The van der Waals surface area contributed by atoms with Gasteiger partial charge in [-0.25, -0.2) is 4.98 Å². The zero-order valence-electron chi connectivity index (χ0n) is 11.4. The van der Waals surface area contributed by atoms with E-state index >= 15 is 0 Å². The van der Waals surface area contributed by atoms with Crippen molar-refractivity contribution in [2.24, 2.45) is 0 Å². The van der Waals surface area contributed by atoms with Gasteiger partial charge in [-0.15, -0.1) is 0 Å². The van der Waals surface area contributed by atoms with E-state index in [0.29, 0.717) is 23.4 Å². The molecule has 0 bridgehead atoms. The fourth-order valence-electron chi connectivity index (χ4n) is 2.41. The van der Waals surface area contributed by atoms with Crippen molar-refractivity contribution < 1.29 is 4.74 Å². The number of benzene rings is 1. The van der Waals surface area contributed by atoms with Gasteiger partial charge in [0.1, 0.15) is 6.61 Å². The second-order valence-electron chi connectivity index (χ2n) is 4.98. The molecule has 1 aliphatic carbocycles. The maximum atomic E-state index is 6.03. The molecule has 20 heavy (non-hydrogen) atoms. The van der Waals surface area contributed by atoms with E-state index in [1.54, 1.807) is 6.20 Å². The van der Waals surface area contributed by atoms with E-state index in [1.807, 2.05) is 19.2 Å². The summed E-state index contributed by atoms with van der Waals surface area (Å²) in [6.45, 7) is 0.508. The number of nitrogens with zero attached hydrogens (tertiary/aromatic N) is 1. The zero-order valence-corrected chi connectivity index (χ0v) is 12.2. The lowest BCUT2D eigenvalue weighted by atomic mass is 10.0. The predicted octanol–water partition coefficient (Wildman–Crippen LogP) is 4.23. The molecule has 0 radical (unpaired) electrons. The molecular weight excluding hydrogens is 272 g/mol. The summed E-state index contributed by atoms with van der Waals surface area (Å²) in [5, 5.41) is 3.65. The molecule has 1 N–H and O–H groups in total. The normalized spacial score (nSPS) is 14.1. The minimum absolute atomic E-state index is 0.405. The Hall–Kier alpha value is -1.74. The van der Waals surface area contributed by atoms with Gasteiger partial charge in [-0.1, -0.05) is 23.7 Å². The summed E-state index contributed by atoms with van der Waals surface area (Å²) in [6, 6.07) is 10.0. The van der Waals surface area contributed by atoms with Crippen molar-refractivity contribution in [1.29, 1.82) is 0 Å².